The van der Waals surface area contributed by atoms with Gasteiger partial charge < -0.3 is 15.6 Å². The zero-order valence-corrected chi connectivity index (χ0v) is 9.61. The van der Waals surface area contributed by atoms with Crippen LogP contribution < -0.4 is 10.5 Å². The molecule has 0 fully saturated rings. The average Bonchev–Trinajstić information content (AvgIpc) is 2.81. The summed E-state index contributed by atoms with van der Waals surface area (Å²) in [5, 5.41) is 13.1. The second-order valence-corrected chi connectivity index (χ2v) is 3.55. The fraction of sp³-hybridized carbons (Fsp3) is 0.167. The molecule has 0 amide bonds. The molecule has 6 heteroatoms. The van der Waals surface area contributed by atoms with Crippen molar-refractivity contribution in [3.8, 4) is 11.6 Å². The topological polar surface area (TPSA) is 90.4 Å². The van der Waals surface area contributed by atoms with Crippen LogP contribution in [0.2, 0.25) is 0 Å². The van der Waals surface area contributed by atoms with Crippen LogP contribution in [0.1, 0.15) is 10.4 Å². The monoisotopic (exact) mass is 247 g/mol. The lowest BCUT2D eigenvalue weighted by molar-refractivity contribution is 0.0692. The van der Waals surface area contributed by atoms with Crippen LogP contribution in [0.25, 0.3) is 5.69 Å². The van der Waals surface area contributed by atoms with E-state index in [2.05, 4.69) is 5.10 Å². The first-order chi connectivity index (χ1) is 8.74. The van der Waals surface area contributed by atoms with E-state index < -0.39 is 5.97 Å². The van der Waals surface area contributed by atoms with Gasteiger partial charge in [-0.1, -0.05) is 18.2 Å². The first kappa shape index (κ1) is 12.1. The summed E-state index contributed by atoms with van der Waals surface area (Å²) >= 11 is 0. The summed E-state index contributed by atoms with van der Waals surface area (Å²) in [6.45, 7) is 0.540. The Morgan fingerprint density at radius 2 is 2.11 bits per heavy atom. The van der Waals surface area contributed by atoms with Crippen LogP contribution in [0.4, 0.5) is 0 Å². The van der Waals surface area contributed by atoms with Crippen molar-refractivity contribution in [2.24, 2.45) is 5.73 Å². The minimum absolute atomic E-state index is 0.0207. The van der Waals surface area contributed by atoms with Gasteiger partial charge in [0.15, 0.2) is 0 Å². The number of aromatic carboxylic acids is 1. The predicted molar refractivity (Wildman–Crippen MR) is 65.1 cm³/mol. The summed E-state index contributed by atoms with van der Waals surface area (Å²) < 4.78 is 6.81. The van der Waals surface area contributed by atoms with E-state index in [1.807, 2.05) is 30.3 Å². The van der Waals surface area contributed by atoms with Gasteiger partial charge >= 0.3 is 5.97 Å². The first-order valence-corrected chi connectivity index (χ1v) is 5.43. The highest BCUT2D eigenvalue weighted by atomic mass is 16.5. The molecule has 2 rings (SSSR count). The molecule has 0 bridgehead atoms. The van der Waals surface area contributed by atoms with Gasteiger partial charge in [0.1, 0.15) is 12.2 Å². The van der Waals surface area contributed by atoms with E-state index >= 15 is 0 Å². The van der Waals surface area contributed by atoms with E-state index in [4.69, 9.17) is 15.6 Å². The van der Waals surface area contributed by atoms with Gasteiger partial charge in [0, 0.05) is 6.54 Å². The highest BCUT2D eigenvalue weighted by Crippen LogP contribution is 2.22. The van der Waals surface area contributed by atoms with Crippen LogP contribution in [0, 0.1) is 0 Å². The number of carbonyl (C=O) groups is 1. The Morgan fingerprint density at radius 1 is 1.39 bits per heavy atom. The van der Waals surface area contributed by atoms with Gasteiger partial charge in [-0.25, -0.2) is 9.48 Å². The van der Waals surface area contributed by atoms with Gasteiger partial charge in [-0.15, -0.1) is 0 Å². The lowest BCUT2D eigenvalue weighted by Crippen LogP contribution is -2.14. The summed E-state index contributed by atoms with van der Waals surface area (Å²) in [6, 6.07) is 9.17. The molecule has 0 saturated carbocycles. The van der Waals surface area contributed by atoms with E-state index in [9.17, 15) is 4.79 Å². The fourth-order valence-corrected chi connectivity index (χ4v) is 1.53. The molecule has 0 unspecified atom stereocenters. The van der Waals surface area contributed by atoms with E-state index in [1.165, 1.54) is 10.9 Å². The molecule has 0 aliphatic heterocycles. The number of para-hydroxylation sites is 1. The quantitative estimate of drug-likeness (QED) is 0.819. The van der Waals surface area contributed by atoms with Crippen LogP contribution >= 0.6 is 0 Å². The van der Waals surface area contributed by atoms with Gasteiger partial charge in [0.25, 0.3) is 0 Å². The largest absolute Gasteiger partial charge is 0.477 e. The van der Waals surface area contributed by atoms with E-state index in [1.54, 1.807) is 0 Å². The lowest BCUT2D eigenvalue weighted by atomic mass is 10.3. The number of rotatable bonds is 5. The van der Waals surface area contributed by atoms with Gasteiger partial charge in [-0.3, -0.25) is 0 Å². The van der Waals surface area contributed by atoms with Gasteiger partial charge in [0.2, 0.25) is 5.88 Å². The molecule has 0 radical (unpaired) electrons. The zero-order chi connectivity index (χ0) is 13.0. The minimum atomic E-state index is -1.08. The third-order valence-electron chi connectivity index (χ3n) is 2.31. The number of carboxylic acids is 1. The second kappa shape index (κ2) is 5.33. The van der Waals surface area contributed by atoms with Crippen molar-refractivity contribution < 1.29 is 14.6 Å². The molecule has 1 heterocycles. The number of nitrogens with two attached hydrogens (primary N) is 1. The molecule has 94 valence electrons. The Bertz CT molecular complexity index is 537. The normalized spacial score (nSPS) is 10.3. The molecule has 1 aromatic heterocycles. The maximum Gasteiger partial charge on any atom is 0.342 e. The molecular weight excluding hydrogens is 234 g/mol. The Kier molecular flexibility index (Phi) is 3.59. The Morgan fingerprint density at radius 3 is 2.72 bits per heavy atom. The molecule has 0 atom stereocenters. The Hall–Kier alpha value is -2.34. The van der Waals surface area contributed by atoms with Crippen molar-refractivity contribution in [2.75, 3.05) is 13.2 Å². The SMILES string of the molecule is NCCOc1c(C(=O)O)cnn1-c1ccccc1. The summed E-state index contributed by atoms with van der Waals surface area (Å²) in [5.41, 5.74) is 6.11. The third-order valence-corrected chi connectivity index (χ3v) is 2.31. The number of aromatic nitrogens is 2. The Labute approximate surface area is 104 Å². The zero-order valence-electron chi connectivity index (χ0n) is 9.61. The van der Waals surface area contributed by atoms with E-state index in [-0.39, 0.29) is 18.1 Å². The molecule has 0 aliphatic carbocycles. The average molecular weight is 247 g/mol. The number of ether oxygens (including phenoxy) is 1. The number of carboxylic acid groups (broad SMARTS) is 1. The summed E-state index contributed by atoms with van der Waals surface area (Å²) in [5.74, 6) is -0.886. The van der Waals surface area contributed by atoms with Crippen LogP contribution in [0.5, 0.6) is 5.88 Å². The predicted octanol–water partition coefficient (Wildman–Crippen LogP) is 0.908. The smallest absolute Gasteiger partial charge is 0.342 e. The third kappa shape index (κ3) is 2.33. The van der Waals surface area contributed by atoms with Crippen LogP contribution in [0.3, 0.4) is 0 Å². The van der Waals surface area contributed by atoms with Crippen molar-refractivity contribution in [1.29, 1.82) is 0 Å². The van der Waals surface area contributed by atoms with Gasteiger partial charge in [0.05, 0.1) is 11.9 Å². The summed E-state index contributed by atoms with van der Waals surface area (Å²) in [4.78, 5) is 11.1. The fourth-order valence-electron chi connectivity index (χ4n) is 1.53. The molecule has 6 nitrogen and oxygen atoms in total. The first-order valence-electron chi connectivity index (χ1n) is 5.43. The molecule has 1 aromatic carbocycles. The van der Waals surface area contributed by atoms with Crippen molar-refractivity contribution in [3.05, 3.63) is 42.1 Å². The minimum Gasteiger partial charge on any atom is -0.477 e. The van der Waals surface area contributed by atoms with Crippen molar-refractivity contribution in [1.82, 2.24) is 9.78 Å². The van der Waals surface area contributed by atoms with Crippen LogP contribution in [-0.4, -0.2) is 34.0 Å². The molecule has 3 N–H and O–H groups in total. The maximum absolute atomic E-state index is 11.1. The van der Waals surface area contributed by atoms with Crippen LogP contribution in [0.15, 0.2) is 36.5 Å². The highest BCUT2D eigenvalue weighted by Gasteiger charge is 2.18. The van der Waals surface area contributed by atoms with E-state index in [0.717, 1.165) is 5.69 Å². The lowest BCUT2D eigenvalue weighted by Gasteiger charge is -2.09. The molecule has 2 aromatic rings. The molecular formula is C12H13N3O3. The number of benzene rings is 1. The summed E-state index contributed by atoms with van der Waals surface area (Å²) in [7, 11) is 0. The van der Waals surface area contributed by atoms with E-state index in [0.29, 0.717) is 6.54 Å². The standard InChI is InChI=1S/C12H13N3O3/c13-6-7-18-11-10(12(16)17)8-14-15(11)9-4-2-1-3-5-9/h1-5,8H,6-7,13H2,(H,16,17). The maximum atomic E-state index is 11.1. The number of hydrogen-bond acceptors (Lipinski definition) is 4. The number of hydrogen-bond donors (Lipinski definition) is 2. The van der Waals surface area contributed by atoms with Crippen molar-refractivity contribution in [2.45, 2.75) is 0 Å². The molecule has 0 saturated heterocycles. The summed E-state index contributed by atoms with van der Waals surface area (Å²) in [6.07, 6.45) is 1.27. The second-order valence-electron chi connectivity index (χ2n) is 3.55. The molecule has 0 aliphatic rings. The van der Waals surface area contributed by atoms with Crippen molar-refractivity contribution >= 4 is 5.97 Å². The van der Waals surface area contributed by atoms with Gasteiger partial charge in [-0.2, -0.15) is 5.10 Å². The highest BCUT2D eigenvalue weighted by molar-refractivity contribution is 5.90. The molecule has 0 spiro atoms. The molecule has 18 heavy (non-hydrogen) atoms. The van der Waals surface area contributed by atoms with Crippen LogP contribution in [-0.2, 0) is 0 Å². The van der Waals surface area contributed by atoms with Gasteiger partial charge in [-0.05, 0) is 12.1 Å². The number of nitrogens with zero attached hydrogens (tertiary/aromatic N) is 2. The van der Waals surface area contributed by atoms with Crippen molar-refractivity contribution in [3.63, 3.8) is 0 Å². The Balaban J connectivity index is 2.44.